The summed E-state index contributed by atoms with van der Waals surface area (Å²) in [5.41, 5.74) is 6.39. The Labute approximate surface area is 133 Å². The lowest BCUT2D eigenvalue weighted by Gasteiger charge is -2.45. The number of aliphatic hydroxyl groups excluding tert-OH is 1. The second-order valence-electron chi connectivity index (χ2n) is 6.53. The average molecular weight is 313 g/mol. The van der Waals surface area contributed by atoms with Gasteiger partial charge in [-0.15, -0.1) is 0 Å². The molecule has 4 heteroatoms. The van der Waals surface area contributed by atoms with Crippen LogP contribution in [0.25, 0.3) is 0 Å². The molecule has 0 amide bonds. The molecule has 0 aromatic rings. The van der Waals surface area contributed by atoms with Gasteiger partial charge < -0.3 is 16.2 Å². The maximum absolute atomic E-state index is 8.81. The smallest absolute Gasteiger partial charge is 0.0431 e. The molecule has 0 bridgehead atoms. The fourth-order valence-corrected chi connectivity index (χ4v) is 3.97. The molecule has 120 valence electrons. The van der Waals surface area contributed by atoms with Crippen molar-refractivity contribution >= 4 is 11.6 Å². The summed E-state index contributed by atoms with van der Waals surface area (Å²) in [6, 6.07) is 0.613. The van der Waals surface area contributed by atoms with Crippen molar-refractivity contribution in [3.8, 4) is 0 Å². The molecule has 2 rings (SSSR count). The number of hydrogen-bond donors (Lipinski definition) is 3. The summed E-state index contributed by atoms with van der Waals surface area (Å²) in [7, 11) is 0. The largest absolute Gasteiger partial charge is 0.396 e. The van der Waals surface area contributed by atoms with E-state index >= 15 is 0 Å². The molecule has 0 aromatic carbocycles. The maximum atomic E-state index is 8.81. The highest BCUT2D eigenvalue weighted by molar-refractivity contribution is 6.29. The predicted molar refractivity (Wildman–Crippen MR) is 89.2 cm³/mol. The van der Waals surface area contributed by atoms with Crippen LogP contribution in [0.4, 0.5) is 0 Å². The third kappa shape index (κ3) is 4.56. The van der Waals surface area contributed by atoms with Crippen molar-refractivity contribution in [1.29, 1.82) is 0 Å². The lowest BCUT2D eigenvalue weighted by molar-refractivity contribution is 0.115. The minimum Gasteiger partial charge on any atom is -0.396 e. The van der Waals surface area contributed by atoms with E-state index in [1.807, 2.05) is 6.08 Å². The number of hydrogen-bond acceptors (Lipinski definition) is 3. The van der Waals surface area contributed by atoms with E-state index in [9.17, 15) is 0 Å². The van der Waals surface area contributed by atoms with Crippen LogP contribution < -0.4 is 11.1 Å². The number of nitrogens with two attached hydrogens (primary N) is 1. The number of aliphatic hydroxyl groups is 1. The first kappa shape index (κ1) is 17.0. The van der Waals surface area contributed by atoms with E-state index in [0.717, 1.165) is 37.4 Å². The minimum atomic E-state index is 0.230. The van der Waals surface area contributed by atoms with Gasteiger partial charge in [0.25, 0.3) is 0 Å². The molecule has 21 heavy (non-hydrogen) atoms. The number of nitrogens with one attached hydrogen (secondary N) is 1. The SMILES string of the molecule is NCC1(C2C=CC=C(Cl)C2)CCC(NCCCCO)CC1. The zero-order chi connectivity index (χ0) is 15.1. The van der Waals surface area contributed by atoms with Crippen molar-refractivity contribution in [2.75, 3.05) is 19.7 Å². The van der Waals surface area contributed by atoms with Gasteiger partial charge in [-0.2, -0.15) is 0 Å². The molecule has 1 saturated carbocycles. The monoisotopic (exact) mass is 312 g/mol. The molecule has 3 nitrogen and oxygen atoms in total. The van der Waals surface area contributed by atoms with E-state index in [2.05, 4.69) is 17.5 Å². The van der Waals surface area contributed by atoms with E-state index in [-0.39, 0.29) is 5.41 Å². The Kier molecular flexibility index (Phi) is 6.74. The van der Waals surface area contributed by atoms with E-state index < -0.39 is 0 Å². The van der Waals surface area contributed by atoms with Crippen molar-refractivity contribution in [1.82, 2.24) is 5.32 Å². The minimum absolute atomic E-state index is 0.230. The molecule has 1 atom stereocenters. The van der Waals surface area contributed by atoms with Crippen LogP contribution in [-0.2, 0) is 0 Å². The Hall–Kier alpha value is -0.350. The first-order valence-corrected chi connectivity index (χ1v) is 8.65. The van der Waals surface area contributed by atoms with Gasteiger partial charge in [-0.3, -0.25) is 0 Å². The lowest BCUT2D eigenvalue weighted by atomic mass is 9.63. The fourth-order valence-electron chi connectivity index (χ4n) is 3.73. The molecule has 0 heterocycles. The van der Waals surface area contributed by atoms with Crippen LogP contribution in [0.1, 0.15) is 44.9 Å². The molecule has 2 aliphatic rings. The van der Waals surface area contributed by atoms with Crippen LogP contribution in [0.5, 0.6) is 0 Å². The van der Waals surface area contributed by atoms with Gasteiger partial charge in [0, 0.05) is 17.7 Å². The van der Waals surface area contributed by atoms with Gasteiger partial charge in [0.2, 0.25) is 0 Å². The second-order valence-corrected chi connectivity index (χ2v) is 7.02. The van der Waals surface area contributed by atoms with Gasteiger partial charge in [-0.05, 0) is 75.4 Å². The molecule has 0 radical (unpaired) electrons. The Balaban J connectivity index is 1.82. The lowest BCUT2D eigenvalue weighted by Crippen LogP contribution is -2.45. The van der Waals surface area contributed by atoms with E-state index in [1.165, 1.54) is 25.7 Å². The summed E-state index contributed by atoms with van der Waals surface area (Å²) in [5.74, 6) is 0.496. The predicted octanol–water partition coefficient (Wildman–Crippen LogP) is 2.94. The molecule has 4 N–H and O–H groups in total. The standard InChI is InChI=1S/C17H29ClN2O/c18-15-5-3-4-14(12-15)17(13-19)8-6-16(7-9-17)20-10-1-2-11-21/h3-5,14,16,20-21H,1-2,6-13,19H2. The fraction of sp³-hybridized carbons (Fsp3) is 0.765. The van der Waals surface area contributed by atoms with Crippen LogP contribution in [0.15, 0.2) is 23.3 Å². The highest BCUT2D eigenvalue weighted by Gasteiger charge is 2.40. The number of rotatable bonds is 7. The van der Waals surface area contributed by atoms with E-state index in [1.54, 1.807) is 0 Å². The molecule has 1 fully saturated rings. The van der Waals surface area contributed by atoms with Crippen LogP contribution in [0.2, 0.25) is 0 Å². The molecule has 1 unspecified atom stereocenters. The van der Waals surface area contributed by atoms with Gasteiger partial charge in [-0.25, -0.2) is 0 Å². The molecule has 0 aliphatic heterocycles. The van der Waals surface area contributed by atoms with Crippen LogP contribution in [0.3, 0.4) is 0 Å². The van der Waals surface area contributed by atoms with E-state index in [0.29, 0.717) is 18.6 Å². The van der Waals surface area contributed by atoms with Gasteiger partial charge in [-0.1, -0.05) is 23.8 Å². The first-order valence-electron chi connectivity index (χ1n) is 8.27. The Morgan fingerprint density at radius 1 is 1.33 bits per heavy atom. The van der Waals surface area contributed by atoms with Gasteiger partial charge in [0.15, 0.2) is 0 Å². The molecule has 2 aliphatic carbocycles. The second kappa shape index (κ2) is 8.33. The van der Waals surface area contributed by atoms with Gasteiger partial charge in [0.1, 0.15) is 0 Å². The molecular weight excluding hydrogens is 284 g/mol. The normalized spacial score (nSPS) is 33.0. The summed E-state index contributed by atoms with van der Waals surface area (Å²) in [6.45, 7) is 2.06. The molecular formula is C17H29ClN2O. The highest BCUT2D eigenvalue weighted by atomic mass is 35.5. The zero-order valence-electron chi connectivity index (χ0n) is 12.9. The first-order chi connectivity index (χ1) is 10.2. The van der Waals surface area contributed by atoms with Crippen molar-refractivity contribution in [2.45, 2.75) is 51.0 Å². The zero-order valence-corrected chi connectivity index (χ0v) is 13.6. The Morgan fingerprint density at radius 3 is 2.71 bits per heavy atom. The van der Waals surface area contributed by atoms with E-state index in [4.69, 9.17) is 22.4 Å². The van der Waals surface area contributed by atoms with Gasteiger partial charge >= 0.3 is 0 Å². The number of allylic oxidation sites excluding steroid dienone is 4. The van der Waals surface area contributed by atoms with Crippen molar-refractivity contribution in [3.63, 3.8) is 0 Å². The number of halogens is 1. The van der Waals surface area contributed by atoms with Gasteiger partial charge in [0.05, 0.1) is 0 Å². The quantitative estimate of drug-likeness (QED) is 0.634. The van der Waals surface area contributed by atoms with Crippen molar-refractivity contribution in [3.05, 3.63) is 23.3 Å². The molecule has 0 spiro atoms. The number of unbranched alkanes of at least 4 members (excludes halogenated alkanes) is 1. The summed E-state index contributed by atoms with van der Waals surface area (Å²) < 4.78 is 0. The third-order valence-corrected chi connectivity index (χ3v) is 5.51. The Morgan fingerprint density at radius 2 is 2.10 bits per heavy atom. The summed E-state index contributed by atoms with van der Waals surface area (Å²) in [5, 5.41) is 13.4. The highest BCUT2D eigenvalue weighted by Crippen LogP contribution is 2.46. The van der Waals surface area contributed by atoms with Crippen LogP contribution in [-0.4, -0.2) is 30.8 Å². The average Bonchev–Trinajstić information content (AvgIpc) is 2.52. The summed E-state index contributed by atoms with van der Waals surface area (Å²) in [4.78, 5) is 0. The van der Waals surface area contributed by atoms with Crippen molar-refractivity contribution in [2.24, 2.45) is 17.1 Å². The molecule has 0 saturated heterocycles. The van der Waals surface area contributed by atoms with Crippen molar-refractivity contribution < 1.29 is 5.11 Å². The summed E-state index contributed by atoms with van der Waals surface area (Å²) in [6.07, 6.45) is 14.0. The van der Waals surface area contributed by atoms with Crippen LogP contribution in [0, 0.1) is 11.3 Å². The van der Waals surface area contributed by atoms with Crippen LogP contribution >= 0.6 is 11.6 Å². The maximum Gasteiger partial charge on any atom is 0.0431 e. The molecule has 0 aromatic heterocycles. The summed E-state index contributed by atoms with van der Waals surface area (Å²) >= 11 is 6.21. The third-order valence-electron chi connectivity index (χ3n) is 5.23. The Bertz CT molecular complexity index is 373. The topological polar surface area (TPSA) is 58.3 Å².